The van der Waals surface area contributed by atoms with Crippen LogP contribution in [0.15, 0.2) is 75.4 Å². The molecule has 2 aromatic rings. The van der Waals surface area contributed by atoms with E-state index in [4.69, 9.17) is 9.84 Å². The minimum absolute atomic E-state index is 0.0799. The molecular weight excluding hydrogens is 614 g/mol. The maximum absolute atomic E-state index is 13.0. The van der Waals surface area contributed by atoms with Gasteiger partial charge in [-0.15, -0.1) is 17.1 Å². The molecule has 4 amide bonds. The third-order valence-corrected chi connectivity index (χ3v) is 9.26. The molecule has 0 radical (unpaired) electrons. The Morgan fingerprint density at radius 1 is 1.23 bits per heavy atom. The first-order valence-electron chi connectivity index (χ1n) is 13.7. The number of allylic oxidation sites excluding steroid dienone is 1. The van der Waals surface area contributed by atoms with Gasteiger partial charge in [0, 0.05) is 28.4 Å². The largest absolute Gasteiger partial charge is 0.454 e. The van der Waals surface area contributed by atoms with Crippen molar-refractivity contribution in [1.82, 2.24) is 20.9 Å². The average molecular weight is 643 g/mol. The molecule has 0 bridgehead atoms. The van der Waals surface area contributed by atoms with Crippen LogP contribution in [-0.2, 0) is 27.3 Å². The fourth-order valence-electron chi connectivity index (χ4n) is 5.00. The first kappa shape index (κ1) is 31.2. The Bertz CT molecular complexity index is 1610. The van der Waals surface area contributed by atoms with Gasteiger partial charge in [0.25, 0.3) is 11.8 Å². The minimum Gasteiger partial charge on any atom is -0.454 e. The summed E-state index contributed by atoms with van der Waals surface area (Å²) >= 11 is 3.04. The van der Waals surface area contributed by atoms with E-state index in [-0.39, 0.29) is 24.3 Å². The van der Waals surface area contributed by atoms with Crippen LogP contribution >= 0.6 is 23.1 Å². The molecule has 1 saturated heterocycles. The van der Waals surface area contributed by atoms with Crippen molar-refractivity contribution in [3.63, 3.8) is 0 Å². The highest BCUT2D eigenvalue weighted by atomic mass is 32.2. The standard InChI is InChI=1S/C29H26N4O5S2.CH2F2O/c34-26(16-32-27(35)17-5-3-9-25-22(13-17)38-21-7-1-2-8-24(21)40-25)33-12-4-6-20(33)29(37)31-15-18-14-19-23(39-18)10-11-30-28(19)36;2-1(3)4/h1-3,5,7-8,13-14,20H,4,6,10-12,15-16H2,(H,30,36)(H,31,37)(H,32,35);1,4H. The van der Waals surface area contributed by atoms with Crippen LogP contribution in [0.25, 0.3) is 0 Å². The lowest BCUT2D eigenvalue weighted by atomic mass is 10.1. The number of thioether (sulfide) groups is 1. The number of aliphatic hydroxyl groups is 1. The van der Waals surface area contributed by atoms with Crippen molar-refractivity contribution in [3.8, 4) is 5.75 Å². The number of nitrogens with one attached hydrogen (secondary N) is 3. The van der Waals surface area contributed by atoms with Crippen molar-refractivity contribution in [2.24, 2.45) is 0 Å². The molecule has 1 aliphatic carbocycles. The second kappa shape index (κ2) is 14.0. The predicted octanol–water partition coefficient (Wildman–Crippen LogP) is 3.01. The number of ether oxygens (including phenoxy) is 1. The summed E-state index contributed by atoms with van der Waals surface area (Å²) in [7, 11) is 0. The van der Waals surface area contributed by atoms with Crippen LogP contribution in [-0.4, -0.2) is 65.9 Å². The highest BCUT2D eigenvalue weighted by molar-refractivity contribution is 8.03. The van der Waals surface area contributed by atoms with Gasteiger partial charge in [0.15, 0.2) is 0 Å². The monoisotopic (exact) mass is 642 g/mol. The van der Waals surface area contributed by atoms with E-state index in [1.54, 1.807) is 18.2 Å². The molecule has 4 aliphatic rings. The molecule has 4 heterocycles. The molecule has 230 valence electrons. The van der Waals surface area contributed by atoms with E-state index in [2.05, 4.69) is 21.7 Å². The molecule has 1 fully saturated rings. The van der Waals surface area contributed by atoms with Crippen LogP contribution in [0.2, 0.25) is 0 Å². The van der Waals surface area contributed by atoms with Crippen molar-refractivity contribution >= 4 is 46.7 Å². The first-order valence-corrected chi connectivity index (χ1v) is 15.4. The van der Waals surface area contributed by atoms with E-state index in [9.17, 15) is 28.0 Å². The highest BCUT2D eigenvalue weighted by Crippen LogP contribution is 2.43. The number of thiophene rings is 1. The molecule has 14 heteroatoms. The number of aliphatic hydroxyl groups excluding tert-OH is 1. The molecule has 1 unspecified atom stereocenters. The normalized spacial score (nSPS) is 18.1. The Hall–Kier alpha value is -4.23. The zero-order valence-electron chi connectivity index (χ0n) is 23.2. The summed E-state index contributed by atoms with van der Waals surface area (Å²) in [6, 6.07) is 8.88. The van der Waals surface area contributed by atoms with Crippen LogP contribution in [0, 0.1) is 0 Å². The summed E-state index contributed by atoms with van der Waals surface area (Å²) in [6.07, 6.45) is 6.99. The highest BCUT2D eigenvalue weighted by Gasteiger charge is 2.34. The second-order valence-electron chi connectivity index (χ2n) is 9.90. The van der Waals surface area contributed by atoms with Crippen molar-refractivity contribution in [3.05, 3.63) is 85.8 Å². The van der Waals surface area contributed by atoms with E-state index in [0.717, 1.165) is 26.0 Å². The molecule has 3 aliphatic heterocycles. The topological polar surface area (TPSA) is 137 Å². The van der Waals surface area contributed by atoms with Gasteiger partial charge in [-0.2, -0.15) is 8.78 Å². The van der Waals surface area contributed by atoms with Gasteiger partial charge in [-0.25, -0.2) is 0 Å². The van der Waals surface area contributed by atoms with Crippen molar-refractivity contribution in [2.75, 3.05) is 19.6 Å². The van der Waals surface area contributed by atoms with E-state index < -0.39 is 18.6 Å². The molecule has 1 atom stereocenters. The number of carbonyl (C=O) groups excluding carboxylic acids is 4. The quantitative estimate of drug-likeness (QED) is 0.356. The Kier molecular flexibility index (Phi) is 9.95. The van der Waals surface area contributed by atoms with E-state index >= 15 is 0 Å². The summed E-state index contributed by atoms with van der Waals surface area (Å²) < 4.78 is 25.8. The SMILES string of the molecule is O=C(NCC(=O)N1CCCC1C(=O)NCc1cc2c(s1)CCNC2=O)C1=CC=C=C2Sc3ccccc3OC2=C1.OC(F)F. The number of amides is 4. The molecule has 6 rings (SSSR count). The van der Waals surface area contributed by atoms with Gasteiger partial charge < -0.3 is 30.7 Å². The summed E-state index contributed by atoms with van der Waals surface area (Å²) in [5.74, 6) is 0.184. The number of carbonyl (C=O) groups is 4. The molecular formula is C30H28F2N4O6S2. The van der Waals surface area contributed by atoms with Crippen LogP contribution in [0.3, 0.4) is 0 Å². The third-order valence-electron chi connectivity index (χ3n) is 6.99. The van der Waals surface area contributed by atoms with Gasteiger partial charge in [-0.3, -0.25) is 19.2 Å². The zero-order chi connectivity index (χ0) is 31.2. The maximum atomic E-state index is 13.0. The van der Waals surface area contributed by atoms with Crippen molar-refractivity contribution in [2.45, 2.75) is 43.4 Å². The number of hydrogen-bond donors (Lipinski definition) is 4. The van der Waals surface area contributed by atoms with Gasteiger partial charge in [0.05, 0.1) is 28.5 Å². The Balaban J connectivity index is 0.000000906. The van der Waals surface area contributed by atoms with Gasteiger partial charge in [-0.05, 0) is 55.7 Å². The van der Waals surface area contributed by atoms with Crippen molar-refractivity contribution in [1.29, 1.82) is 0 Å². The number of benzene rings is 1. The number of halogens is 2. The van der Waals surface area contributed by atoms with Crippen LogP contribution in [0.1, 0.15) is 33.0 Å². The number of nitrogens with zero attached hydrogens (tertiary/aromatic N) is 1. The zero-order valence-corrected chi connectivity index (χ0v) is 24.9. The summed E-state index contributed by atoms with van der Waals surface area (Å²) in [4.78, 5) is 56.2. The fraction of sp³-hybridized carbons (Fsp3) is 0.300. The summed E-state index contributed by atoms with van der Waals surface area (Å²) in [6.45, 7) is -2.01. The lowest BCUT2D eigenvalue weighted by molar-refractivity contribution is -0.138. The molecule has 10 nitrogen and oxygen atoms in total. The Morgan fingerprint density at radius 3 is 2.82 bits per heavy atom. The smallest absolute Gasteiger partial charge is 0.342 e. The Morgan fingerprint density at radius 2 is 2.02 bits per heavy atom. The number of likely N-dealkylation sites (tertiary alicyclic amines) is 1. The van der Waals surface area contributed by atoms with Gasteiger partial charge in [-0.1, -0.05) is 23.9 Å². The van der Waals surface area contributed by atoms with Crippen LogP contribution in [0.4, 0.5) is 8.78 Å². The van der Waals surface area contributed by atoms with Gasteiger partial charge in [0.1, 0.15) is 17.6 Å². The fourth-order valence-corrected chi connectivity index (χ4v) is 7.01. The number of fused-ring (bicyclic) bond motifs is 3. The van der Waals surface area contributed by atoms with Crippen LogP contribution in [0.5, 0.6) is 5.75 Å². The first-order chi connectivity index (χ1) is 21.2. The maximum Gasteiger partial charge on any atom is 0.342 e. The number of para-hydroxylation sites is 1. The minimum atomic E-state index is -3.17. The average Bonchev–Trinajstić information content (AvgIpc) is 3.61. The van der Waals surface area contributed by atoms with E-state index in [1.807, 2.05) is 30.3 Å². The molecule has 0 spiro atoms. The molecule has 1 aromatic carbocycles. The van der Waals surface area contributed by atoms with Gasteiger partial charge in [0.2, 0.25) is 11.8 Å². The number of rotatable bonds is 6. The number of alkyl halides is 2. The second-order valence-corrected chi connectivity index (χ2v) is 12.2. The molecule has 44 heavy (non-hydrogen) atoms. The lowest BCUT2D eigenvalue weighted by Gasteiger charge is -2.24. The van der Waals surface area contributed by atoms with E-state index in [0.29, 0.717) is 55.1 Å². The third kappa shape index (κ3) is 7.45. The van der Waals surface area contributed by atoms with Crippen molar-refractivity contribution < 1.29 is 37.8 Å². The summed E-state index contributed by atoms with van der Waals surface area (Å²) in [5.41, 5.74) is 4.16. The Labute approximate surface area is 259 Å². The molecule has 1 aromatic heterocycles. The van der Waals surface area contributed by atoms with E-state index in [1.165, 1.54) is 28.0 Å². The number of hydrogen-bond acceptors (Lipinski definition) is 8. The lowest BCUT2D eigenvalue weighted by Crippen LogP contribution is -2.48. The van der Waals surface area contributed by atoms with Gasteiger partial charge >= 0.3 is 6.61 Å². The van der Waals surface area contributed by atoms with Crippen LogP contribution < -0.4 is 20.7 Å². The molecule has 0 saturated carbocycles. The molecule has 4 N–H and O–H groups in total. The predicted molar refractivity (Wildman–Crippen MR) is 159 cm³/mol. The summed E-state index contributed by atoms with van der Waals surface area (Å²) in [5, 5.41) is 15.2.